The summed E-state index contributed by atoms with van der Waals surface area (Å²) < 4.78 is 0. The van der Waals surface area contributed by atoms with E-state index >= 15 is 0 Å². The molecule has 0 heterocycles. The molecule has 0 aromatic heterocycles. The van der Waals surface area contributed by atoms with Gasteiger partial charge in [0.05, 0.1) is 6.10 Å². The minimum atomic E-state index is -0.643. The van der Waals surface area contributed by atoms with Crippen LogP contribution in [0.15, 0.2) is 0 Å². The first-order valence-electron chi connectivity index (χ1n) is 11.7. The molecule has 4 fully saturated rings. The maximum atomic E-state index is 11.0. The summed E-state index contributed by atoms with van der Waals surface area (Å²) in [4.78, 5) is 11.0. The fourth-order valence-corrected chi connectivity index (χ4v) is 8.76. The second kappa shape index (κ2) is 7.04. The van der Waals surface area contributed by atoms with Crippen LogP contribution in [-0.4, -0.2) is 22.3 Å². The molecule has 0 aromatic carbocycles. The highest BCUT2D eigenvalue weighted by Gasteiger charge is 2.60. The number of hydrogen-bond acceptors (Lipinski definition) is 2. The van der Waals surface area contributed by atoms with Crippen LogP contribution >= 0.6 is 0 Å². The fourth-order valence-electron chi connectivity index (χ4n) is 8.76. The summed E-state index contributed by atoms with van der Waals surface area (Å²) in [5, 5.41) is 19.3. The smallest absolute Gasteiger partial charge is 0.303 e. The SMILES string of the molecule is C[C@@H](CCC(=O)O)[C@H]1CC[C@H]2[C@@H]3CC[C@@H]4C[C@H](O)CC[C@]4(C)[C@H]3CC[C@]12C. The van der Waals surface area contributed by atoms with Gasteiger partial charge < -0.3 is 10.2 Å². The maximum Gasteiger partial charge on any atom is 0.303 e. The van der Waals surface area contributed by atoms with Crippen LogP contribution in [0.1, 0.15) is 91.4 Å². The molecule has 0 spiro atoms. The minimum Gasteiger partial charge on any atom is -0.481 e. The predicted molar refractivity (Wildman–Crippen MR) is 107 cm³/mol. The predicted octanol–water partition coefficient (Wildman–Crippen LogP) is 5.51. The van der Waals surface area contributed by atoms with Crippen molar-refractivity contribution in [2.24, 2.45) is 46.3 Å². The van der Waals surface area contributed by atoms with Gasteiger partial charge in [-0.05, 0) is 111 Å². The molecular weight excluding hydrogens is 336 g/mol. The van der Waals surface area contributed by atoms with Gasteiger partial charge in [-0.2, -0.15) is 0 Å². The Morgan fingerprint density at radius 1 is 1.00 bits per heavy atom. The zero-order valence-corrected chi connectivity index (χ0v) is 17.6. The van der Waals surface area contributed by atoms with Crippen LogP contribution < -0.4 is 0 Å². The van der Waals surface area contributed by atoms with E-state index < -0.39 is 5.97 Å². The summed E-state index contributed by atoms with van der Waals surface area (Å²) >= 11 is 0. The standard InChI is InChI=1S/C24H40O3/c1-15(4-9-22(26)27)19-7-8-20-18-6-5-16-14-17(25)10-12-23(16,2)21(18)11-13-24(19,20)3/h15-21,25H,4-14H2,1-3H3,(H,26,27)/t15-,16+,17+,18-,19+,20-,21-,23-,24+/m0/s1. The van der Waals surface area contributed by atoms with E-state index in [1.54, 1.807) is 0 Å². The summed E-state index contributed by atoms with van der Waals surface area (Å²) in [5.74, 6) is 3.91. The molecule has 3 nitrogen and oxygen atoms in total. The lowest BCUT2D eigenvalue weighted by Crippen LogP contribution is -2.54. The van der Waals surface area contributed by atoms with Gasteiger partial charge in [0.2, 0.25) is 0 Å². The zero-order valence-electron chi connectivity index (χ0n) is 17.6. The zero-order chi connectivity index (χ0) is 19.4. The van der Waals surface area contributed by atoms with Gasteiger partial charge in [-0.25, -0.2) is 0 Å². The molecule has 0 bridgehead atoms. The van der Waals surface area contributed by atoms with E-state index in [4.69, 9.17) is 5.11 Å². The van der Waals surface area contributed by atoms with Crippen LogP contribution in [0.25, 0.3) is 0 Å². The molecule has 0 aliphatic heterocycles. The molecule has 0 unspecified atom stereocenters. The van der Waals surface area contributed by atoms with E-state index in [-0.39, 0.29) is 6.10 Å². The molecule has 3 heteroatoms. The van der Waals surface area contributed by atoms with Crippen LogP contribution in [0.2, 0.25) is 0 Å². The molecule has 4 aliphatic carbocycles. The molecule has 4 rings (SSSR count). The first kappa shape index (κ1) is 19.7. The molecule has 0 aromatic rings. The molecular formula is C24H40O3. The number of carbonyl (C=O) groups is 1. The van der Waals surface area contributed by atoms with Gasteiger partial charge in [0, 0.05) is 6.42 Å². The first-order valence-corrected chi connectivity index (χ1v) is 11.7. The Labute approximate surface area is 165 Å². The van der Waals surface area contributed by atoms with E-state index in [0.717, 1.165) is 42.9 Å². The van der Waals surface area contributed by atoms with Gasteiger partial charge in [0.15, 0.2) is 0 Å². The third kappa shape index (κ3) is 3.16. The summed E-state index contributed by atoms with van der Waals surface area (Å²) in [5.41, 5.74) is 0.882. The third-order valence-electron chi connectivity index (χ3n) is 10.2. The molecule has 0 amide bonds. The molecule has 2 N–H and O–H groups in total. The van der Waals surface area contributed by atoms with Crippen molar-refractivity contribution in [1.82, 2.24) is 0 Å². The third-order valence-corrected chi connectivity index (χ3v) is 10.2. The Bertz CT molecular complexity index is 574. The van der Waals surface area contributed by atoms with Crippen molar-refractivity contribution in [1.29, 1.82) is 0 Å². The number of aliphatic carboxylic acids is 1. The second-order valence-corrected chi connectivity index (χ2v) is 11.2. The van der Waals surface area contributed by atoms with Gasteiger partial charge in [-0.15, -0.1) is 0 Å². The van der Waals surface area contributed by atoms with Gasteiger partial charge in [-0.3, -0.25) is 4.79 Å². The van der Waals surface area contributed by atoms with Crippen molar-refractivity contribution in [3.8, 4) is 0 Å². The van der Waals surface area contributed by atoms with Crippen molar-refractivity contribution < 1.29 is 15.0 Å². The average molecular weight is 377 g/mol. The maximum absolute atomic E-state index is 11.0. The quantitative estimate of drug-likeness (QED) is 0.680. The topological polar surface area (TPSA) is 57.5 Å². The normalized spacial score (nSPS) is 50.4. The molecule has 0 radical (unpaired) electrons. The fraction of sp³-hybridized carbons (Fsp3) is 0.958. The number of carboxylic acids is 1. The van der Waals surface area contributed by atoms with E-state index in [2.05, 4.69) is 20.8 Å². The number of rotatable bonds is 4. The van der Waals surface area contributed by atoms with Crippen molar-refractivity contribution in [2.75, 3.05) is 0 Å². The lowest BCUT2D eigenvalue weighted by molar-refractivity contribution is -0.138. The Morgan fingerprint density at radius 2 is 1.70 bits per heavy atom. The monoisotopic (exact) mass is 376 g/mol. The summed E-state index contributed by atoms with van der Waals surface area (Å²) in [6.45, 7) is 7.43. The summed E-state index contributed by atoms with van der Waals surface area (Å²) in [6, 6.07) is 0. The van der Waals surface area contributed by atoms with E-state index in [1.165, 1.54) is 44.9 Å². The van der Waals surface area contributed by atoms with Gasteiger partial charge in [-0.1, -0.05) is 20.8 Å². The van der Waals surface area contributed by atoms with E-state index in [0.29, 0.717) is 29.1 Å². The first-order chi connectivity index (χ1) is 12.8. The summed E-state index contributed by atoms with van der Waals surface area (Å²) in [7, 11) is 0. The second-order valence-electron chi connectivity index (χ2n) is 11.2. The van der Waals surface area contributed by atoms with Crippen molar-refractivity contribution in [3.63, 3.8) is 0 Å². The van der Waals surface area contributed by atoms with Crippen LogP contribution in [-0.2, 0) is 4.79 Å². The largest absolute Gasteiger partial charge is 0.481 e. The highest BCUT2D eigenvalue weighted by Crippen LogP contribution is 2.68. The Morgan fingerprint density at radius 3 is 2.44 bits per heavy atom. The van der Waals surface area contributed by atoms with Crippen LogP contribution in [0.4, 0.5) is 0 Å². The molecule has 27 heavy (non-hydrogen) atoms. The lowest BCUT2D eigenvalue weighted by atomic mass is 9.44. The van der Waals surface area contributed by atoms with Crippen LogP contribution in [0.5, 0.6) is 0 Å². The lowest BCUT2D eigenvalue weighted by Gasteiger charge is -2.61. The van der Waals surface area contributed by atoms with Crippen molar-refractivity contribution in [3.05, 3.63) is 0 Å². The van der Waals surface area contributed by atoms with Crippen molar-refractivity contribution >= 4 is 5.97 Å². The van der Waals surface area contributed by atoms with Crippen LogP contribution in [0.3, 0.4) is 0 Å². The number of aliphatic hydroxyl groups is 1. The summed E-state index contributed by atoms with van der Waals surface area (Å²) in [6.07, 6.45) is 12.4. The van der Waals surface area contributed by atoms with Crippen LogP contribution in [0, 0.1) is 46.3 Å². The highest BCUT2D eigenvalue weighted by atomic mass is 16.4. The number of carboxylic acid groups (broad SMARTS) is 1. The number of fused-ring (bicyclic) bond motifs is 5. The van der Waals surface area contributed by atoms with Gasteiger partial charge >= 0.3 is 5.97 Å². The van der Waals surface area contributed by atoms with Crippen molar-refractivity contribution in [2.45, 2.75) is 97.5 Å². The molecule has 4 aliphatic rings. The highest BCUT2D eigenvalue weighted by molar-refractivity contribution is 5.66. The Kier molecular flexibility index (Phi) is 5.15. The molecule has 9 atom stereocenters. The molecule has 154 valence electrons. The van der Waals surface area contributed by atoms with E-state index in [1.807, 2.05) is 0 Å². The van der Waals surface area contributed by atoms with E-state index in [9.17, 15) is 9.90 Å². The number of hydrogen-bond donors (Lipinski definition) is 2. The number of aliphatic hydroxyl groups excluding tert-OH is 1. The molecule has 0 saturated heterocycles. The average Bonchev–Trinajstić information content (AvgIpc) is 2.97. The molecule has 4 saturated carbocycles. The minimum absolute atomic E-state index is 0.0561. The van der Waals surface area contributed by atoms with Gasteiger partial charge in [0.1, 0.15) is 0 Å². The Hall–Kier alpha value is -0.570. The Balaban J connectivity index is 1.51. The van der Waals surface area contributed by atoms with Gasteiger partial charge in [0.25, 0.3) is 0 Å².